The van der Waals surface area contributed by atoms with E-state index in [2.05, 4.69) is 10.4 Å². The van der Waals surface area contributed by atoms with Crippen LogP contribution in [0.4, 0.5) is 27.6 Å². The summed E-state index contributed by atoms with van der Waals surface area (Å²) in [4.78, 5) is 24.9. The summed E-state index contributed by atoms with van der Waals surface area (Å²) in [7, 11) is 0. The normalized spacial score (nSPS) is 11.4. The maximum atomic E-state index is 13.7. The van der Waals surface area contributed by atoms with Crippen molar-refractivity contribution in [2.75, 3.05) is 5.32 Å². The van der Waals surface area contributed by atoms with Crippen LogP contribution in [0.5, 0.6) is 0 Å². The number of amides is 1. The second-order valence-electron chi connectivity index (χ2n) is 6.41. The SMILES string of the molecule is Cc1nn(-c2cccc(C(F)(F)F)c2)c(C)c1C(=O)C(=O)Nc1ccc(F)cc1F. The smallest absolute Gasteiger partial charge is 0.317 e. The summed E-state index contributed by atoms with van der Waals surface area (Å²) >= 11 is 0. The van der Waals surface area contributed by atoms with Crippen LogP contribution in [0.15, 0.2) is 42.5 Å². The number of ketones is 1. The third-order valence-corrected chi connectivity index (χ3v) is 4.32. The van der Waals surface area contributed by atoms with Crippen LogP contribution in [-0.4, -0.2) is 21.5 Å². The Balaban J connectivity index is 1.93. The number of Topliss-reactive ketones (excluding diaryl/α,β-unsaturated/α-hetero) is 1. The minimum atomic E-state index is -4.57. The summed E-state index contributed by atoms with van der Waals surface area (Å²) in [6, 6.07) is 6.74. The molecule has 0 saturated carbocycles. The molecule has 0 aliphatic heterocycles. The van der Waals surface area contributed by atoms with Gasteiger partial charge >= 0.3 is 6.18 Å². The molecule has 0 fully saturated rings. The standard InChI is InChI=1S/C20H14F5N3O2/c1-10-17(18(29)19(30)26-16-7-6-13(21)9-15(16)22)11(2)28(27-10)14-5-3-4-12(8-14)20(23,24)25/h3-9H,1-2H3,(H,26,30). The van der Waals surface area contributed by atoms with Gasteiger partial charge in [0.2, 0.25) is 0 Å². The van der Waals surface area contributed by atoms with Gasteiger partial charge in [-0.25, -0.2) is 13.5 Å². The van der Waals surface area contributed by atoms with Crippen LogP contribution in [-0.2, 0) is 11.0 Å². The van der Waals surface area contributed by atoms with E-state index in [1.165, 1.54) is 26.0 Å². The first-order chi connectivity index (χ1) is 14.0. The Bertz CT molecular complexity index is 1150. The van der Waals surface area contributed by atoms with Crippen LogP contribution >= 0.6 is 0 Å². The van der Waals surface area contributed by atoms with Crippen LogP contribution in [0.2, 0.25) is 0 Å². The van der Waals surface area contributed by atoms with Crippen LogP contribution in [0.3, 0.4) is 0 Å². The van der Waals surface area contributed by atoms with Crippen molar-refractivity contribution in [2.24, 2.45) is 0 Å². The van der Waals surface area contributed by atoms with Crippen molar-refractivity contribution in [1.82, 2.24) is 9.78 Å². The van der Waals surface area contributed by atoms with Gasteiger partial charge in [-0.3, -0.25) is 9.59 Å². The van der Waals surface area contributed by atoms with Crippen molar-refractivity contribution in [3.63, 3.8) is 0 Å². The molecule has 30 heavy (non-hydrogen) atoms. The molecule has 0 bridgehead atoms. The third-order valence-electron chi connectivity index (χ3n) is 4.32. The largest absolute Gasteiger partial charge is 0.416 e. The molecule has 5 nitrogen and oxygen atoms in total. The van der Waals surface area contributed by atoms with Crippen LogP contribution in [0, 0.1) is 25.5 Å². The number of carbonyl (C=O) groups excluding carboxylic acids is 2. The molecule has 156 valence electrons. The summed E-state index contributed by atoms with van der Waals surface area (Å²) in [5.74, 6) is -4.18. The number of halogens is 5. The number of nitrogens with zero attached hydrogens (tertiary/aromatic N) is 2. The van der Waals surface area contributed by atoms with Gasteiger partial charge in [0.25, 0.3) is 11.7 Å². The molecule has 1 aromatic heterocycles. The van der Waals surface area contributed by atoms with E-state index in [4.69, 9.17) is 0 Å². The molecule has 0 atom stereocenters. The van der Waals surface area contributed by atoms with Crippen molar-refractivity contribution in [1.29, 1.82) is 0 Å². The zero-order valence-corrected chi connectivity index (χ0v) is 15.6. The van der Waals surface area contributed by atoms with E-state index in [0.29, 0.717) is 6.07 Å². The van der Waals surface area contributed by atoms with Gasteiger partial charge in [0.15, 0.2) is 0 Å². The van der Waals surface area contributed by atoms with Gasteiger partial charge in [0, 0.05) is 6.07 Å². The Morgan fingerprint density at radius 3 is 2.37 bits per heavy atom. The molecule has 0 unspecified atom stereocenters. The maximum absolute atomic E-state index is 13.7. The van der Waals surface area contributed by atoms with E-state index in [0.717, 1.165) is 28.9 Å². The average Bonchev–Trinajstić information content (AvgIpc) is 2.97. The van der Waals surface area contributed by atoms with Gasteiger partial charge < -0.3 is 5.32 Å². The van der Waals surface area contributed by atoms with E-state index in [1.54, 1.807) is 0 Å². The van der Waals surface area contributed by atoms with Crippen LogP contribution in [0.25, 0.3) is 5.69 Å². The summed E-state index contributed by atoms with van der Waals surface area (Å²) < 4.78 is 66.7. The predicted molar refractivity (Wildman–Crippen MR) is 97.4 cm³/mol. The second-order valence-corrected chi connectivity index (χ2v) is 6.41. The molecule has 0 aliphatic carbocycles. The Hall–Kier alpha value is -3.56. The summed E-state index contributed by atoms with van der Waals surface area (Å²) in [5.41, 5.74) is -1.14. The molecule has 2 aromatic carbocycles. The lowest BCUT2D eigenvalue weighted by atomic mass is 10.1. The number of anilines is 1. The molecule has 0 aliphatic rings. The molecule has 1 heterocycles. The van der Waals surface area contributed by atoms with E-state index >= 15 is 0 Å². The number of nitrogens with one attached hydrogen (secondary N) is 1. The Kier molecular flexibility index (Phi) is 5.43. The number of aryl methyl sites for hydroxylation is 1. The Labute approximate surface area is 167 Å². The number of alkyl halides is 3. The number of benzene rings is 2. The lowest BCUT2D eigenvalue weighted by Gasteiger charge is -2.10. The van der Waals surface area contributed by atoms with E-state index in [1.807, 2.05) is 0 Å². The summed E-state index contributed by atoms with van der Waals surface area (Å²) in [6.45, 7) is 2.83. The molecule has 1 N–H and O–H groups in total. The van der Waals surface area contributed by atoms with Crippen molar-refractivity contribution < 1.29 is 31.5 Å². The highest BCUT2D eigenvalue weighted by Gasteiger charge is 2.31. The van der Waals surface area contributed by atoms with Crippen molar-refractivity contribution >= 4 is 17.4 Å². The Morgan fingerprint density at radius 2 is 1.73 bits per heavy atom. The zero-order valence-electron chi connectivity index (χ0n) is 15.6. The number of carbonyl (C=O) groups is 2. The monoisotopic (exact) mass is 423 g/mol. The first-order valence-corrected chi connectivity index (χ1v) is 8.53. The molecule has 3 aromatic rings. The van der Waals surface area contributed by atoms with Crippen molar-refractivity contribution in [3.8, 4) is 5.69 Å². The molecule has 0 saturated heterocycles. The fraction of sp³-hybridized carbons (Fsp3) is 0.150. The zero-order chi connectivity index (χ0) is 22.2. The van der Waals surface area contributed by atoms with Crippen molar-refractivity contribution in [3.05, 3.63) is 76.6 Å². The van der Waals surface area contributed by atoms with Gasteiger partial charge in [-0.1, -0.05) is 6.07 Å². The maximum Gasteiger partial charge on any atom is 0.416 e. The minimum absolute atomic E-state index is 0.0504. The molecule has 0 radical (unpaired) electrons. The fourth-order valence-corrected chi connectivity index (χ4v) is 2.92. The highest BCUT2D eigenvalue weighted by Crippen LogP contribution is 2.31. The molecule has 1 amide bonds. The summed E-state index contributed by atoms with van der Waals surface area (Å²) in [6.07, 6.45) is -4.57. The second kappa shape index (κ2) is 7.69. The molecule has 10 heteroatoms. The highest BCUT2D eigenvalue weighted by molar-refractivity contribution is 6.47. The van der Waals surface area contributed by atoms with E-state index in [-0.39, 0.29) is 22.6 Å². The van der Waals surface area contributed by atoms with Gasteiger partial charge in [-0.2, -0.15) is 18.3 Å². The fourth-order valence-electron chi connectivity index (χ4n) is 2.92. The van der Waals surface area contributed by atoms with Gasteiger partial charge in [0.05, 0.1) is 33.9 Å². The van der Waals surface area contributed by atoms with Gasteiger partial charge in [0.1, 0.15) is 11.6 Å². The van der Waals surface area contributed by atoms with Gasteiger partial charge in [-0.05, 0) is 44.2 Å². The lowest BCUT2D eigenvalue weighted by Crippen LogP contribution is -2.24. The van der Waals surface area contributed by atoms with Crippen LogP contribution < -0.4 is 5.32 Å². The van der Waals surface area contributed by atoms with E-state index in [9.17, 15) is 31.5 Å². The van der Waals surface area contributed by atoms with Gasteiger partial charge in [-0.15, -0.1) is 0 Å². The highest BCUT2D eigenvalue weighted by atomic mass is 19.4. The molecular formula is C20H14F5N3O2. The third kappa shape index (κ3) is 4.07. The number of aromatic nitrogens is 2. The minimum Gasteiger partial charge on any atom is -0.317 e. The van der Waals surface area contributed by atoms with Crippen LogP contribution in [0.1, 0.15) is 27.3 Å². The number of hydrogen-bond donors (Lipinski definition) is 1. The quantitative estimate of drug-likeness (QED) is 0.379. The van der Waals surface area contributed by atoms with E-state index < -0.39 is 40.8 Å². The number of rotatable bonds is 4. The topological polar surface area (TPSA) is 64.0 Å². The number of hydrogen-bond acceptors (Lipinski definition) is 3. The van der Waals surface area contributed by atoms with Crippen molar-refractivity contribution in [2.45, 2.75) is 20.0 Å². The first kappa shape index (κ1) is 21.2. The first-order valence-electron chi connectivity index (χ1n) is 8.53. The average molecular weight is 423 g/mol. The lowest BCUT2D eigenvalue weighted by molar-refractivity contribution is -0.137. The summed E-state index contributed by atoms with van der Waals surface area (Å²) in [5, 5.41) is 6.12. The predicted octanol–water partition coefficient (Wildman–Crippen LogP) is 4.61. The molecule has 3 rings (SSSR count). The molecule has 0 spiro atoms. The Morgan fingerprint density at radius 1 is 1.03 bits per heavy atom. The molecular weight excluding hydrogens is 409 g/mol.